The molecule has 1 fully saturated rings. The predicted octanol–water partition coefficient (Wildman–Crippen LogP) is 3.37. The summed E-state index contributed by atoms with van der Waals surface area (Å²) in [7, 11) is 0. The minimum atomic E-state index is -0.438. The highest BCUT2D eigenvalue weighted by Crippen LogP contribution is 2.38. The van der Waals surface area contributed by atoms with Gasteiger partial charge in [-0.05, 0) is 24.7 Å². The second-order valence-corrected chi connectivity index (χ2v) is 6.83. The summed E-state index contributed by atoms with van der Waals surface area (Å²) >= 11 is 0. The Labute approximate surface area is 187 Å². The third-order valence-electron chi connectivity index (χ3n) is 5.16. The fourth-order valence-corrected chi connectivity index (χ4v) is 3.47. The largest absolute Gasteiger partial charge is 0.454 e. The highest BCUT2D eigenvalue weighted by molar-refractivity contribution is 6.06. The zero-order chi connectivity index (χ0) is 19.7. The van der Waals surface area contributed by atoms with Gasteiger partial charge in [0.1, 0.15) is 5.82 Å². The SMILES string of the molecule is CCN1CCN(c2ccc(C(=O)Nc3cc4c(cc3N)OCO4)cc2F)CC1.Cl.Cl. The predicted molar refractivity (Wildman–Crippen MR) is 120 cm³/mol. The molecular formula is C20H25Cl2FN4O3. The molecule has 2 aromatic rings. The van der Waals surface area contributed by atoms with Crippen molar-refractivity contribution >= 4 is 47.8 Å². The van der Waals surface area contributed by atoms with Gasteiger partial charge in [0.25, 0.3) is 5.91 Å². The molecule has 0 atom stereocenters. The van der Waals surface area contributed by atoms with Crippen molar-refractivity contribution < 1.29 is 18.7 Å². The van der Waals surface area contributed by atoms with Crippen molar-refractivity contribution in [2.45, 2.75) is 6.92 Å². The van der Waals surface area contributed by atoms with E-state index in [0.29, 0.717) is 28.6 Å². The van der Waals surface area contributed by atoms with Crippen molar-refractivity contribution in [3.8, 4) is 11.5 Å². The summed E-state index contributed by atoms with van der Waals surface area (Å²) in [6, 6.07) is 7.75. The Hall–Kier alpha value is -2.42. The lowest BCUT2D eigenvalue weighted by atomic mass is 10.1. The lowest BCUT2D eigenvalue weighted by Crippen LogP contribution is -2.46. The van der Waals surface area contributed by atoms with Crippen LogP contribution in [0.25, 0.3) is 0 Å². The number of anilines is 3. The Morgan fingerprint density at radius 1 is 1.10 bits per heavy atom. The molecule has 0 aromatic heterocycles. The zero-order valence-electron chi connectivity index (χ0n) is 16.5. The first-order chi connectivity index (χ1) is 13.5. The molecular weight excluding hydrogens is 434 g/mol. The van der Waals surface area contributed by atoms with Crippen molar-refractivity contribution in [2.75, 3.05) is 55.5 Å². The van der Waals surface area contributed by atoms with Crippen LogP contribution in [0.5, 0.6) is 11.5 Å². The number of carbonyl (C=O) groups excluding carboxylic acids is 1. The van der Waals surface area contributed by atoms with Gasteiger partial charge in [-0.25, -0.2) is 4.39 Å². The number of amides is 1. The first kappa shape index (κ1) is 23.9. The molecule has 7 nitrogen and oxygen atoms in total. The van der Waals surface area contributed by atoms with Crippen molar-refractivity contribution in [3.63, 3.8) is 0 Å². The van der Waals surface area contributed by atoms with E-state index in [9.17, 15) is 9.18 Å². The molecule has 0 spiro atoms. The van der Waals surface area contributed by atoms with E-state index in [-0.39, 0.29) is 37.2 Å². The van der Waals surface area contributed by atoms with E-state index in [4.69, 9.17) is 15.2 Å². The Bertz CT molecular complexity index is 908. The normalized spacial score (nSPS) is 15.2. The van der Waals surface area contributed by atoms with E-state index in [1.807, 2.05) is 4.90 Å². The number of benzene rings is 2. The number of nitrogens with two attached hydrogens (primary N) is 1. The Morgan fingerprint density at radius 2 is 1.77 bits per heavy atom. The molecule has 0 saturated carbocycles. The van der Waals surface area contributed by atoms with E-state index in [0.717, 1.165) is 32.7 Å². The number of hydrogen-bond acceptors (Lipinski definition) is 6. The topological polar surface area (TPSA) is 80.1 Å². The van der Waals surface area contributed by atoms with Crippen LogP contribution in [0.2, 0.25) is 0 Å². The van der Waals surface area contributed by atoms with Gasteiger partial charge in [0.05, 0.1) is 17.1 Å². The van der Waals surface area contributed by atoms with Crippen LogP contribution in [0.4, 0.5) is 21.5 Å². The molecule has 0 unspecified atom stereocenters. The first-order valence-electron chi connectivity index (χ1n) is 9.32. The van der Waals surface area contributed by atoms with Crippen LogP contribution in [0.1, 0.15) is 17.3 Å². The van der Waals surface area contributed by atoms with Crippen LogP contribution in [-0.4, -0.2) is 50.3 Å². The number of nitrogens with one attached hydrogen (secondary N) is 1. The average Bonchev–Trinajstić information content (AvgIpc) is 3.15. The number of nitrogen functional groups attached to an aromatic ring is 1. The smallest absolute Gasteiger partial charge is 0.255 e. The number of hydrogen-bond donors (Lipinski definition) is 2. The van der Waals surface area contributed by atoms with E-state index in [1.165, 1.54) is 6.07 Å². The number of halogens is 3. The summed E-state index contributed by atoms with van der Waals surface area (Å²) in [5.74, 6) is 0.203. The lowest BCUT2D eigenvalue weighted by molar-refractivity contribution is 0.102. The highest BCUT2D eigenvalue weighted by Gasteiger charge is 2.21. The van der Waals surface area contributed by atoms with Crippen LogP contribution in [-0.2, 0) is 0 Å². The molecule has 0 bridgehead atoms. The summed E-state index contributed by atoms with van der Waals surface area (Å²) in [5.41, 5.74) is 7.46. The molecule has 0 aliphatic carbocycles. The first-order valence-corrected chi connectivity index (χ1v) is 9.32. The highest BCUT2D eigenvalue weighted by atomic mass is 35.5. The molecule has 2 heterocycles. The quantitative estimate of drug-likeness (QED) is 0.683. The fourth-order valence-electron chi connectivity index (χ4n) is 3.47. The number of nitrogens with zero attached hydrogens (tertiary/aromatic N) is 2. The van der Waals surface area contributed by atoms with E-state index in [1.54, 1.807) is 24.3 Å². The average molecular weight is 459 g/mol. The number of carbonyl (C=O) groups is 1. The van der Waals surface area contributed by atoms with Gasteiger partial charge >= 0.3 is 0 Å². The molecule has 3 N–H and O–H groups in total. The number of likely N-dealkylation sites (N-methyl/N-ethyl adjacent to an activating group) is 1. The molecule has 1 amide bonds. The molecule has 4 rings (SSSR count). The van der Waals surface area contributed by atoms with Crippen LogP contribution >= 0.6 is 24.8 Å². The third kappa shape index (κ3) is 4.83. The standard InChI is InChI=1S/C20H23FN4O3.2ClH/c1-2-24-5-7-25(8-6-24)17-4-3-13(9-14(17)21)20(26)23-16-11-19-18(10-15(16)22)27-12-28-19;;/h3-4,9-11H,2,5-8,12,22H2,1H3,(H,23,26);2*1H. The summed E-state index contributed by atoms with van der Waals surface area (Å²) in [4.78, 5) is 16.9. The lowest BCUT2D eigenvalue weighted by Gasteiger charge is -2.35. The maximum absolute atomic E-state index is 14.7. The maximum Gasteiger partial charge on any atom is 0.255 e. The molecule has 0 radical (unpaired) electrons. The Kier molecular flexibility index (Phi) is 8.00. The zero-order valence-corrected chi connectivity index (χ0v) is 18.2. The van der Waals surface area contributed by atoms with Crippen LogP contribution in [0.3, 0.4) is 0 Å². The maximum atomic E-state index is 14.7. The Morgan fingerprint density at radius 3 is 2.40 bits per heavy atom. The van der Waals surface area contributed by atoms with Gasteiger partial charge in [-0.1, -0.05) is 6.92 Å². The van der Waals surface area contributed by atoms with Crippen molar-refractivity contribution in [1.29, 1.82) is 0 Å². The second-order valence-electron chi connectivity index (χ2n) is 6.83. The molecule has 30 heavy (non-hydrogen) atoms. The summed E-state index contributed by atoms with van der Waals surface area (Å²) in [5, 5.41) is 2.71. The molecule has 1 saturated heterocycles. The van der Waals surface area contributed by atoms with Crippen molar-refractivity contribution in [2.24, 2.45) is 0 Å². The van der Waals surface area contributed by atoms with Gasteiger partial charge in [0.15, 0.2) is 11.5 Å². The molecule has 164 valence electrons. The van der Waals surface area contributed by atoms with E-state index >= 15 is 0 Å². The minimum Gasteiger partial charge on any atom is -0.454 e. The summed E-state index contributed by atoms with van der Waals surface area (Å²) < 4.78 is 25.2. The molecule has 10 heteroatoms. The number of fused-ring (bicyclic) bond motifs is 1. The van der Waals surface area contributed by atoms with Gasteiger partial charge in [0, 0.05) is 43.9 Å². The van der Waals surface area contributed by atoms with Gasteiger partial charge in [-0.3, -0.25) is 4.79 Å². The van der Waals surface area contributed by atoms with Crippen LogP contribution in [0, 0.1) is 5.82 Å². The van der Waals surface area contributed by atoms with Gasteiger partial charge in [-0.2, -0.15) is 0 Å². The number of piperazine rings is 1. The minimum absolute atomic E-state index is 0. The molecule has 2 aromatic carbocycles. The van der Waals surface area contributed by atoms with E-state index < -0.39 is 11.7 Å². The fraction of sp³-hybridized carbons (Fsp3) is 0.350. The number of rotatable bonds is 4. The van der Waals surface area contributed by atoms with Crippen molar-refractivity contribution in [3.05, 3.63) is 41.7 Å². The van der Waals surface area contributed by atoms with Gasteiger partial charge in [-0.15, -0.1) is 24.8 Å². The van der Waals surface area contributed by atoms with E-state index in [2.05, 4.69) is 17.1 Å². The molecule has 2 aliphatic heterocycles. The van der Waals surface area contributed by atoms with Gasteiger partial charge < -0.3 is 30.3 Å². The second kappa shape index (κ2) is 10.1. The number of ether oxygens (including phenoxy) is 2. The third-order valence-corrected chi connectivity index (χ3v) is 5.16. The summed E-state index contributed by atoms with van der Waals surface area (Å²) in [6.45, 7) is 6.58. The van der Waals surface area contributed by atoms with Gasteiger partial charge in [0.2, 0.25) is 6.79 Å². The van der Waals surface area contributed by atoms with Crippen molar-refractivity contribution in [1.82, 2.24) is 4.90 Å². The monoisotopic (exact) mass is 458 g/mol. The molecule has 2 aliphatic rings. The van der Waals surface area contributed by atoms with Crippen LogP contribution in [0.15, 0.2) is 30.3 Å². The summed E-state index contributed by atoms with van der Waals surface area (Å²) in [6.07, 6.45) is 0. The van der Waals surface area contributed by atoms with Crippen LogP contribution < -0.4 is 25.4 Å². The Balaban J connectivity index is 0.00000160.